The second-order valence-corrected chi connectivity index (χ2v) is 11.4. The minimum Gasteiger partial charge on any atom is -0.490 e. The van der Waals surface area contributed by atoms with Gasteiger partial charge in [0.15, 0.2) is 23.1 Å². The Kier molecular flexibility index (Phi) is 8.36. The zero-order valence-corrected chi connectivity index (χ0v) is 25.0. The molecule has 0 unspecified atom stereocenters. The number of rotatable bonds is 9. The molecule has 3 aliphatic rings. The average molecular weight is 586 g/mol. The van der Waals surface area contributed by atoms with E-state index in [1.54, 1.807) is 7.11 Å². The van der Waals surface area contributed by atoms with Crippen LogP contribution in [-0.2, 0) is 20.9 Å². The third-order valence-corrected chi connectivity index (χ3v) is 8.80. The molecule has 0 saturated carbocycles. The topological polar surface area (TPSA) is 65.1 Å². The number of Topliss-reactive ketones (excluding diaryl/α,β-unsaturated/α-hetero) is 2. The molecule has 0 N–H and O–H groups in total. The molecular weight excluding hydrogens is 550 g/mol. The Bertz CT molecular complexity index is 1560. The minimum atomic E-state index is -0.474. The van der Waals surface area contributed by atoms with Gasteiger partial charge in [-0.05, 0) is 66.6 Å². The molecule has 0 radical (unpaired) electrons. The molecule has 7 heteroatoms. The fourth-order valence-electron chi connectivity index (χ4n) is 6.73. The molecule has 0 atom stereocenters. The van der Waals surface area contributed by atoms with Gasteiger partial charge in [0.05, 0.1) is 18.2 Å². The summed E-state index contributed by atoms with van der Waals surface area (Å²) in [5, 5.41) is 2.66. The Morgan fingerprint density at radius 2 is 1.57 bits per heavy atom. The first kappa shape index (κ1) is 28.5. The number of carbonyl (C=O) groups excluding carboxylic acids is 2. The van der Waals surface area contributed by atoms with Crippen LogP contribution in [0.3, 0.4) is 0 Å². The maximum atomic E-state index is 13.6. The van der Waals surface area contributed by atoms with Gasteiger partial charge >= 0.3 is 0 Å². The lowest BCUT2D eigenvalue weighted by Crippen LogP contribution is -2.40. The molecule has 0 spiro atoms. The molecule has 1 aliphatic heterocycles. The Morgan fingerprint density at radius 3 is 2.26 bits per heavy atom. The summed E-state index contributed by atoms with van der Waals surface area (Å²) in [6, 6.07) is 18.1. The van der Waals surface area contributed by atoms with Crippen LogP contribution >= 0.6 is 11.6 Å². The highest BCUT2D eigenvalue weighted by atomic mass is 35.5. The number of methoxy groups -OCH3 is 1. The van der Waals surface area contributed by atoms with Gasteiger partial charge in [-0.3, -0.25) is 9.59 Å². The standard InChI is InChI=1S/C35H36ClNO5/c1-3-41-31-20-24(19-26(36)35(31)42-21-23-11-6-10-22-9-4-5-12-25(22)23)32-33-27(13-7-15-29(33)38)37(17-18-40-2)28-14-8-16-30(39)34(28)32/h4-6,9-12,19-20,32H,3,7-8,13-18,21H2,1-2H3. The van der Waals surface area contributed by atoms with Gasteiger partial charge in [0, 0.05) is 55.0 Å². The van der Waals surface area contributed by atoms with Gasteiger partial charge in [-0.25, -0.2) is 0 Å². The van der Waals surface area contributed by atoms with Crippen LogP contribution in [0.2, 0.25) is 5.02 Å². The van der Waals surface area contributed by atoms with E-state index in [4.69, 9.17) is 25.8 Å². The van der Waals surface area contributed by atoms with Gasteiger partial charge in [-0.1, -0.05) is 54.1 Å². The number of allylic oxidation sites excluding steroid dienone is 4. The second kappa shape index (κ2) is 12.3. The molecule has 1 heterocycles. The molecule has 3 aromatic rings. The summed E-state index contributed by atoms with van der Waals surface area (Å²) >= 11 is 6.96. The maximum Gasteiger partial charge on any atom is 0.180 e. The van der Waals surface area contributed by atoms with Gasteiger partial charge in [0.25, 0.3) is 0 Å². The van der Waals surface area contributed by atoms with E-state index in [9.17, 15) is 9.59 Å². The first-order valence-corrected chi connectivity index (χ1v) is 15.2. The van der Waals surface area contributed by atoms with Crippen molar-refractivity contribution in [3.8, 4) is 11.5 Å². The highest BCUT2D eigenvalue weighted by molar-refractivity contribution is 6.32. The molecular formula is C35H36ClNO5. The number of ketones is 2. The summed E-state index contributed by atoms with van der Waals surface area (Å²) in [6.45, 7) is 3.79. The zero-order valence-electron chi connectivity index (χ0n) is 24.2. The summed E-state index contributed by atoms with van der Waals surface area (Å²) in [4.78, 5) is 29.4. The van der Waals surface area contributed by atoms with Crippen molar-refractivity contribution >= 4 is 33.9 Å². The van der Waals surface area contributed by atoms with Crippen LogP contribution in [0.4, 0.5) is 0 Å². The van der Waals surface area contributed by atoms with Crippen LogP contribution in [0.1, 0.15) is 62.5 Å². The third kappa shape index (κ3) is 5.23. The van der Waals surface area contributed by atoms with Crippen molar-refractivity contribution in [3.63, 3.8) is 0 Å². The number of hydrogen-bond acceptors (Lipinski definition) is 6. The normalized spacial score (nSPS) is 17.5. The van der Waals surface area contributed by atoms with Gasteiger partial charge in [-0.15, -0.1) is 0 Å². The largest absolute Gasteiger partial charge is 0.490 e. The highest BCUT2D eigenvalue weighted by Gasteiger charge is 2.43. The Balaban J connectivity index is 1.43. The fourth-order valence-corrected chi connectivity index (χ4v) is 7.00. The van der Waals surface area contributed by atoms with Gasteiger partial charge < -0.3 is 19.1 Å². The lowest BCUT2D eigenvalue weighted by atomic mass is 9.71. The number of carbonyl (C=O) groups is 2. The molecule has 218 valence electrons. The highest BCUT2D eigenvalue weighted by Crippen LogP contribution is 2.51. The summed E-state index contributed by atoms with van der Waals surface area (Å²) in [6.07, 6.45) is 4.15. The van der Waals surface area contributed by atoms with E-state index in [1.807, 2.05) is 43.3 Å². The predicted octanol–water partition coefficient (Wildman–Crippen LogP) is 7.53. The first-order valence-electron chi connectivity index (χ1n) is 14.9. The van der Waals surface area contributed by atoms with Gasteiger partial charge in [0.2, 0.25) is 0 Å². The van der Waals surface area contributed by atoms with E-state index < -0.39 is 5.92 Å². The first-order chi connectivity index (χ1) is 20.5. The summed E-state index contributed by atoms with van der Waals surface area (Å²) < 4.78 is 17.8. The van der Waals surface area contributed by atoms with Crippen molar-refractivity contribution in [2.24, 2.45) is 0 Å². The van der Waals surface area contributed by atoms with E-state index in [0.717, 1.165) is 59.0 Å². The van der Waals surface area contributed by atoms with Crippen LogP contribution < -0.4 is 9.47 Å². The summed E-state index contributed by atoms with van der Waals surface area (Å²) in [7, 11) is 1.68. The monoisotopic (exact) mass is 585 g/mol. The summed E-state index contributed by atoms with van der Waals surface area (Å²) in [5.74, 6) is 0.690. The lowest BCUT2D eigenvalue weighted by Gasteiger charge is -2.44. The van der Waals surface area contributed by atoms with Crippen molar-refractivity contribution < 1.29 is 23.8 Å². The summed E-state index contributed by atoms with van der Waals surface area (Å²) in [5.41, 5.74) is 5.31. The smallest absolute Gasteiger partial charge is 0.180 e. The van der Waals surface area contributed by atoms with Gasteiger partial charge in [-0.2, -0.15) is 0 Å². The molecule has 0 amide bonds. The molecule has 42 heavy (non-hydrogen) atoms. The van der Waals surface area contributed by atoms with Crippen molar-refractivity contribution in [3.05, 3.63) is 93.3 Å². The third-order valence-electron chi connectivity index (χ3n) is 8.52. The van der Waals surface area contributed by atoms with E-state index in [2.05, 4.69) is 23.1 Å². The molecule has 6 rings (SSSR count). The van der Waals surface area contributed by atoms with E-state index >= 15 is 0 Å². The Hall–Kier alpha value is -3.61. The number of fused-ring (bicyclic) bond motifs is 1. The number of hydrogen-bond donors (Lipinski definition) is 0. The van der Waals surface area contributed by atoms with Crippen LogP contribution in [-0.4, -0.2) is 43.3 Å². The average Bonchev–Trinajstić information content (AvgIpc) is 2.99. The van der Waals surface area contributed by atoms with Crippen LogP contribution in [0.15, 0.2) is 77.1 Å². The number of nitrogens with zero attached hydrogens (tertiary/aromatic N) is 1. The number of halogens is 1. The quantitative estimate of drug-likeness (QED) is 0.259. The maximum absolute atomic E-state index is 13.6. The van der Waals surface area contributed by atoms with Gasteiger partial charge in [0.1, 0.15) is 6.61 Å². The molecule has 2 aliphatic carbocycles. The molecule has 0 bridgehead atoms. The van der Waals surface area contributed by atoms with E-state index in [0.29, 0.717) is 66.9 Å². The predicted molar refractivity (Wildman–Crippen MR) is 164 cm³/mol. The van der Waals surface area contributed by atoms with Crippen molar-refractivity contribution in [1.82, 2.24) is 4.90 Å². The van der Waals surface area contributed by atoms with Crippen molar-refractivity contribution in [2.45, 2.75) is 58.0 Å². The number of ether oxygens (including phenoxy) is 3. The van der Waals surface area contributed by atoms with Crippen molar-refractivity contribution in [2.75, 3.05) is 26.9 Å². The number of benzene rings is 3. The van der Waals surface area contributed by atoms with Crippen LogP contribution in [0, 0.1) is 0 Å². The van der Waals surface area contributed by atoms with E-state index in [-0.39, 0.29) is 11.6 Å². The SMILES string of the molecule is CCOc1cc(C2C3=C(CCCC3=O)N(CCOC)C3=C2C(=O)CCC3)cc(Cl)c1OCc1cccc2ccccc12. The van der Waals surface area contributed by atoms with Crippen LogP contribution in [0.25, 0.3) is 10.8 Å². The molecule has 3 aromatic carbocycles. The molecule has 0 aromatic heterocycles. The molecule has 0 saturated heterocycles. The minimum absolute atomic E-state index is 0.0963. The molecule has 6 nitrogen and oxygen atoms in total. The van der Waals surface area contributed by atoms with Crippen molar-refractivity contribution in [1.29, 1.82) is 0 Å². The van der Waals surface area contributed by atoms with E-state index in [1.165, 1.54) is 0 Å². The Labute approximate surface area is 251 Å². The molecule has 0 fully saturated rings. The second-order valence-electron chi connectivity index (χ2n) is 11.0. The zero-order chi connectivity index (χ0) is 29.2. The Morgan fingerprint density at radius 1 is 0.881 bits per heavy atom. The fraction of sp³-hybridized carbons (Fsp3) is 0.371. The van der Waals surface area contributed by atoms with Crippen LogP contribution in [0.5, 0.6) is 11.5 Å². The lowest BCUT2D eigenvalue weighted by molar-refractivity contribution is -0.117.